The Kier molecular flexibility index (Phi) is 3.88. The quantitative estimate of drug-likeness (QED) is 0.559. The Labute approximate surface area is 121 Å². The fourth-order valence-electron chi connectivity index (χ4n) is 2.23. The summed E-state index contributed by atoms with van der Waals surface area (Å²) in [6.45, 7) is 1.50. The predicted molar refractivity (Wildman–Crippen MR) is 74.8 cm³/mol. The van der Waals surface area contributed by atoms with Gasteiger partial charge in [0.1, 0.15) is 12.7 Å². The van der Waals surface area contributed by atoms with Gasteiger partial charge in [-0.05, 0) is 12.8 Å². The molecule has 10 nitrogen and oxygen atoms in total. The van der Waals surface area contributed by atoms with Crippen LogP contribution in [-0.2, 0) is 4.74 Å². The van der Waals surface area contributed by atoms with Crippen LogP contribution >= 0.6 is 0 Å². The van der Waals surface area contributed by atoms with E-state index < -0.39 is 0 Å². The number of ether oxygens (including phenoxy) is 1. The number of nitrogens with one attached hydrogen (secondary N) is 1. The SMILES string of the molecule is CN(c1nc(NN)nc(-n2cncn2)n1)C1CCOCC1. The molecule has 1 fully saturated rings. The van der Waals surface area contributed by atoms with Gasteiger partial charge in [-0.15, -0.1) is 0 Å². The van der Waals surface area contributed by atoms with E-state index in [-0.39, 0.29) is 5.95 Å². The first-order chi connectivity index (χ1) is 10.3. The van der Waals surface area contributed by atoms with Gasteiger partial charge in [0.05, 0.1) is 0 Å². The second kappa shape index (κ2) is 5.97. The number of nitrogens with zero attached hydrogens (tertiary/aromatic N) is 7. The van der Waals surface area contributed by atoms with E-state index in [9.17, 15) is 0 Å². The molecule has 0 saturated carbocycles. The number of aromatic nitrogens is 6. The lowest BCUT2D eigenvalue weighted by molar-refractivity contribution is 0.0852. The Morgan fingerprint density at radius 3 is 2.81 bits per heavy atom. The van der Waals surface area contributed by atoms with Crippen molar-refractivity contribution >= 4 is 11.9 Å². The molecule has 10 heteroatoms. The lowest BCUT2D eigenvalue weighted by Gasteiger charge is -2.31. The minimum absolute atomic E-state index is 0.282. The summed E-state index contributed by atoms with van der Waals surface area (Å²) < 4.78 is 6.84. The molecule has 21 heavy (non-hydrogen) atoms. The van der Waals surface area contributed by atoms with E-state index in [1.54, 1.807) is 0 Å². The van der Waals surface area contributed by atoms with Crippen molar-refractivity contribution in [1.29, 1.82) is 0 Å². The molecule has 3 rings (SSSR count). The minimum Gasteiger partial charge on any atom is -0.381 e. The Bertz CT molecular complexity index is 581. The molecule has 0 unspecified atom stereocenters. The first-order valence-electron chi connectivity index (χ1n) is 6.66. The van der Waals surface area contributed by atoms with Gasteiger partial charge in [0.2, 0.25) is 11.9 Å². The van der Waals surface area contributed by atoms with Gasteiger partial charge in [0, 0.05) is 26.3 Å². The van der Waals surface area contributed by atoms with Crippen molar-refractivity contribution in [3.05, 3.63) is 12.7 Å². The summed E-state index contributed by atoms with van der Waals surface area (Å²) in [5.74, 6) is 6.62. The molecular formula is C11H17N9O. The van der Waals surface area contributed by atoms with E-state index in [0.717, 1.165) is 26.1 Å². The maximum atomic E-state index is 5.43. The third kappa shape index (κ3) is 2.90. The molecule has 3 heterocycles. The topological polar surface area (TPSA) is 120 Å². The van der Waals surface area contributed by atoms with Crippen molar-refractivity contribution in [3.63, 3.8) is 0 Å². The maximum absolute atomic E-state index is 5.43. The summed E-state index contributed by atoms with van der Waals surface area (Å²) in [5.41, 5.74) is 2.45. The minimum atomic E-state index is 0.282. The molecule has 112 valence electrons. The van der Waals surface area contributed by atoms with E-state index >= 15 is 0 Å². The Morgan fingerprint density at radius 2 is 2.14 bits per heavy atom. The number of nitrogen functional groups attached to an aromatic ring is 1. The van der Waals surface area contributed by atoms with E-state index in [1.165, 1.54) is 17.3 Å². The first kappa shape index (κ1) is 13.6. The molecule has 1 aliphatic heterocycles. The summed E-state index contributed by atoms with van der Waals surface area (Å²) in [7, 11) is 1.96. The van der Waals surface area contributed by atoms with Gasteiger partial charge in [-0.3, -0.25) is 5.43 Å². The molecule has 0 radical (unpaired) electrons. The standard InChI is InChI=1S/C11H17N9O/c1-19(8-2-4-21-5-3-8)10-15-9(18-12)16-11(17-10)20-7-13-6-14-20/h6-8H,2-5,12H2,1H3,(H,15,16,17,18). The molecule has 0 atom stereocenters. The van der Waals surface area contributed by atoms with Gasteiger partial charge >= 0.3 is 0 Å². The van der Waals surface area contributed by atoms with E-state index in [4.69, 9.17) is 10.6 Å². The highest BCUT2D eigenvalue weighted by molar-refractivity contribution is 5.39. The Hall–Kier alpha value is -2.33. The summed E-state index contributed by atoms with van der Waals surface area (Å²) in [6, 6.07) is 0.329. The van der Waals surface area contributed by atoms with Crippen LogP contribution in [0.2, 0.25) is 0 Å². The maximum Gasteiger partial charge on any atom is 0.258 e. The molecule has 0 aliphatic carbocycles. The molecule has 1 aliphatic rings. The van der Waals surface area contributed by atoms with Gasteiger partial charge < -0.3 is 9.64 Å². The van der Waals surface area contributed by atoms with Crippen molar-refractivity contribution < 1.29 is 4.74 Å². The van der Waals surface area contributed by atoms with Gasteiger partial charge in [-0.1, -0.05) is 0 Å². The fraction of sp³-hybridized carbons (Fsp3) is 0.545. The molecule has 0 bridgehead atoms. The second-order valence-corrected chi connectivity index (χ2v) is 4.70. The van der Waals surface area contributed by atoms with Crippen molar-refractivity contribution in [2.75, 3.05) is 30.6 Å². The summed E-state index contributed by atoms with van der Waals surface area (Å²) in [5, 5.41) is 4.02. The number of anilines is 2. The Morgan fingerprint density at radius 1 is 1.33 bits per heavy atom. The molecular weight excluding hydrogens is 274 g/mol. The van der Waals surface area contributed by atoms with Crippen LogP contribution in [0, 0.1) is 0 Å². The zero-order valence-electron chi connectivity index (χ0n) is 11.7. The third-order valence-corrected chi connectivity index (χ3v) is 3.42. The van der Waals surface area contributed by atoms with Crippen LogP contribution in [0.1, 0.15) is 12.8 Å². The van der Waals surface area contributed by atoms with Crippen molar-refractivity contribution in [1.82, 2.24) is 29.7 Å². The molecule has 2 aromatic heterocycles. The van der Waals surface area contributed by atoms with Gasteiger partial charge in [-0.2, -0.15) is 24.7 Å². The molecule has 2 aromatic rings. The van der Waals surface area contributed by atoms with Crippen LogP contribution < -0.4 is 16.2 Å². The number of hydrogen-bond donors (Lipinski definition) is 2. The third-order valence-electron chi connectivity index (χ3n) is 3.42. The Balaban J connectivity index is 1.91. The molecule has 0 aromatic carbocycles. The number of nitrogens with two attached hydrogens (primary N) is 1. The van der Waals surface area contributed by atoms with Gasteiger partial charge in [0.15, 0.2) is 0 Å². The zero-order chi connectivity index (χ0) is 14.7. The van der Waals surface area contributed by atoms with Crippen LogP contribution in [0.3, 0.4) is 0 Å². The van der Waals surface area contributed by atoms with Crippen LogP contribution in [-0.4, -0.2) is 56.0 Å². The highest BCUT2D eigenvalue weighted by atomic mass is 16.5. The van der Waals surface area contributed by atoms with Gasteiger partial charge in [0.25, 0.3) is 5.95 Å². The average Bonchev–Trinajstić information content (AvgIpc) is 3.09. The van der Waals surface area contributed by atoms with E-state index in [1.807, 2.05) is 11.9 Å². The predicted octanol–water partition coefficient (Wildman–Crippen LogP) is -0.647. The van der Waals surface area contributed by atoms with E-state index in [0.29, 0.717) is 17.9 Å². The van der Waals surface area contributed by atoms with Crippen LogP contribution in [0.4, 0.5) is 11.9 Å². The molecule has 0 amide bonds. The monoisotopic (exact) mass is 291 g/mol. The summed E-state index contributed by atoms with van der Waals surface area (Å²) in [4.78, 5) is 18.8. The molecule has 1 saturated heterocycles. The van der Waals surface area contributed by atoms with E-state index in [2.05, 4.69) is 30.5 Å². The van der Waals surface area contributed by atoms with Crippen molar-refractivity contribution in [2.45, 2.75) is 18.9 Å². The zero-order valence-corrected chi connectivity index (χ0v) is 11.7. The van der Waals surface area contributed by atoms with Crippen LogP contribution in [0.25, 0.3) is 5.95 Å². The number of hydrazine groups is 1. The lowest BCUT2D eigenvalue weighted by atomic mass is 10.1. The first-order valence-corrected chi connectivity index (χ1v) is 6.66. The highest BCUT2D eigenvalue weighted by Gasteiger charge is 2.22. The van der Waals surface area contributed by atoms with Gasteiger partial charge in [-0.25, -0.2) is 10.8 Å². The van der Waals surface area contributed by atoms with Crippen LogP contribution in [0.5, 0.6) is 0 Å². The average molecular weight is 291 g/mol. The molecule has 0 spiro atoms. The highest BCUT2D eigenvalue weighted by Crippen LogP contribution is 2.19. The molecule has 3 N–H and O–H groups in total. The lowest BCUT2D eigenvalue weighted by Crippen LogP contribution is -2.38. The van der Waals surface area contributed by atoms with Crippen LogP contribution in [0.15, 0.2) is 12.7 Å². The summed E-state index contributed by atoms with van der Waals surface area (Å²) in [6.07, 6.45) is 4.81. The normalized spacial score (nSPS) is 15.9. The summed E-state index contributed by atoms with van der Waals surface area (Å²) >= 11 is 0. The number of rotatable bonds is 4. The van der Waals surface area contributed by atoms with Crippen molar-refractivity contribution in [3.8, 4) is 5.95 Å². The second-order valence-electron chi connectivity index (χ2n) is 4.70. The fourth-order valence-corrected chi connectivity index (χ4v) is 2.23. The van der Waals surface area contributed by atoms with Crippen molar-refractivity contribution in [2.24, 2.45) is 5.84 Å². The smallest absolute Gasteiger partial charge is 0.258 e. The number of hydrogen-bond acceptors (Lipinski definition) is 9. The largest absolute Gasteiger partial charge is 0.381 e.